The summed E-state index contributed by atoms with van der Waals surface area (Å²) >= 11 is 0. The largest absolute Gasteiger partial charge is 0.493 e. The van der Waals surface area contributed by atoms with Crippen molar-refractivity contribution >= 4 is 6.08 Å². The molecule has 0 heterocycles. The van der Waals surface area contributed by atoms with Crippen LogP contribution < -0.4 is 9.47 Å². The van der Waals surface area contributed by atoms with Gasteiger partial charge in [-0.05, 0) is 50.5 Å². The second-order valence-corrected chi connectivity index (χ2v) is 5.76. The summed E-state index contributed by atoms with van der Waals surface area (Å²) in [5.74, 6) is 1.32. The molecule has 0 spiro atoms. The normalized spacial score (nSPS) is 13.1. The van der Waals surface area contributed by atoms with E-state index in [1.54, 1.807) is 13.2 Å². The molecule has 0 radical (unpaired) electrons. The predicted molar refractivity (Wildman–Crippen MR) is 98.4 cm³/mol. The van der Waals surface area contributed by atoms with Gasteiger partial charge in [0.25, 0.3) is 0 Å². The minimum absolute atomic E-state index is 0.00468. The molecule has 1 aromatic carbocycles. The molecule has 0 bridgehead atoms. The van der Waals surface area contributed by atoms with Gasteiger partial charge in [-0.25, -0.2) is 0 Å². The smallest absolute Gasteiger partial charge is 0.161 e. The van der Waals surface area contributed by atoms with E-state index in [-0.39, 0.29) is 6.61 Å². The zero-order chi connectivity index (χ0) is 17.9. The third-order valence-corrected chi connectivity index (χ3v) is 3.65. The first-order valence-electron chi connectivity index (χ1n) is 8.05. The van der Waals surface area contributed by atoms with Crippen LogP contribution in [0.5, 0.6) is 11.5 Å². The molecule has 1 aromatic rings. The van der Waals surface area contributed by atoms with E-state index in [4.69, 9.17) is 14.6 Å². The number of aliphatic hydroxyl groups excluding tert-OH is 2. The number of ether oxygens (including phenoxy) is 2. The van der Waals surface area contributed by atoms with E-state index < -0.39 is 6.10 Å². The van der Waals surface area contributed by atoms with E-state index in [9.17, 15) is 5.11 Å². The maximum Gasteiger partial charge on any atom is 0.161 e. The standard InChI is InChI=1S/C20H28O4/c1-15(2)18(22)9-7-16(3)11-13-24-19-10-8-17(6-5-12-21)14-20(19)23-4/h5-6,8,10-11,14,18,21-22H,1,7,9,12-13H2,2-4H3/b6-5+,16-11+/t18-/m1/s1. The van der Waals surface area contributed by atoms with Crippen molar-refractivity contribution in [2.24, 2.45) is 0 Å². The van der Waals surface area contributed by atoms with E-state index in [2.05, 4.69) is 6.58 Å². The Morgan fingerprint density at radius 1 is 1.29 bits per heavy atom. The third kappa shape index (κ3) is 7.02. The van der Waals surface area contributed by atoms with Crippen molar-refractivity contribution < 1.29 is 19.7 Å². The average molecular weight is 332 g/mol. The van der Waals surface area contributed by atoms with Gasteiger partial charge in [-0.2, -0.15) is 0 Å². The maximum absolute atomic E-state index is 9.74. The first-order valence-corrected chi connectivity index (χ1v) is 8.05. The lowest BCUT2D eigenvalue weighted by molar-refractivity contribution is 0.201. The van der Waals surface area contributed by atoms with Crippen LogP contribution in [0.1, 0.15) is 32.3 Å². The summed E-state index contributed by atoms with van der Waals surface area (Å²) in [6, 6.07) is 5.62. The van der Waals surface area contributed by atoms with Gasteiger partial charge in [0.1, 0.15) is 6.61 Å². The van der Waals surface area contributed by atoms with Crippen LogP contribution in [0.15, 0.2) is 48.1 Å². The number of benzene rings is 1. The monoisotopic (exact) mass is 332 g/mol. The second-order valence-electron chi connectivity index (χ2n) is 5.76. The van der Waals surface area contributed by atoms with E-state index in [0.29, 0.717) is 24.5 Å². The summed E-state index contributed by atoms with van der Waals surface area (Å²) in [5.41, 5.74) is 2.89. The van der Waals surface area contributed by atoms with E-state index in [1.165, 1.54) is 0 Å². The SMILES string of the molecule is C=C(C)[C@H](O)CC/C(C)=C/COc1ccc(/C=C/CO)cc1OC. The van der Waals surface area contributed by atoms with Crippen LogP contribution in [0, 0.1) is 0 Å². The van der Waals surface area contributed by atoms with Crippen LogP contribution in [-0.4, -0.2) is 36.6 Å². The molecule has 1 atom stereocenters. The fourth-order valence-electron chi connectivity index (χ4n) is 2.08. The Morgan fingerprint density at radius 2 is 2.04 bits per heavy atom. The Balaban J connectivity index is 2.58. The molecule has 0 saturated carbocycles. The van der Waals surface area contributed by atoms with Crippen LogP contribution in [0.4, 0.5) is 0 Å². The van der Waals surface area contributed by atoms with Gasteiger partial charge in [0.2, 0.25) is 0 Å². The summed E-state index contributed by atoms with van der Waals surface area (Å²) in [5, 5.41) is 18.6. The molecule has 1 rings (SSSR count). The summed E-state index contributed by atoms with van der Waals surface area (Å²) in [7, 11) is 1.60. The van der Waals surface area contributed by atoms with E-state index in [0.717, 1.165) is 23.1 Å². The van der Waals surface area contributed by atoms with Gasteiger partial charge in [-0.1, -0.05) is 35.9 Å². The lowest BCUT2D eigenvalue weighted by atomic mass is 10.0. The molecule has 0 amide bonds. The topological polar surface area (TPSA) is 58.9 Å². The zero-order valence-corrected chi connectivity index (χ0v) is 14.8. The van der Waals surface area contributed by atoms with E-state index >= 15 is 0 Å². The van der Waals surface area contributed by atoms with Gasteiger partial charge in [0, 0.05) is 0 Å². The second kappa shape index (κ2) is 10.7. The Labute approximate surface area is 144 Å². The number of methoxy groups -OCH3 is 1. The molecule has 2 N–H and O–H groups in total. The Morgan fingerprint density at radius 3 is 2.67 bits per heavy atom. The lowest BCUT2D eigenvalue weighted by Crippen LogP contribution is -2.07. The summed E-state index contributed by atoms with van der Waals surface area (Å²) in [6.07, 6.45) is 6.52. The molecule has 0 aliphatic rings. The molecule has 0 saturated heterocycles. The summed E-state index contributed by atoms with van der Waals surface area (Å²) in [4.78, 5) is 0. The maximum atomic E-state index is 9.74. The number of hydrogen-bond acceptors (Lipinski definition) is 4. The van der Waals surface area contributed by atoms with Crippen LogP contribution in [-0.2, 0) is 0 Å². The highest BCUT2D eigenvalue weighted by molar-refractivity contribution is 5.55. The molecule has 0 aliphatic heterocycles. The minimum atomic E-state index is -0.450. The van der Waals surface area contributed by atoms with Crippen molar-refractivity contribution in [3.63, 3.8) is 0 Å². The number of hydrogen-bond donors (Lipinski definition) is 2. The fraction of sp³-hybridized carbons (Fsp3) is 0.400. The number of allylic oxidation sites excluding steroid dienone is 1. The highest BCUT2D eigenvalue weighted by Gasteiger charge is 2.06. The fourth-order valence-corrected chi connectivity index (χ4v) is 2.08. The van der Waals surface area contributed by atoms with Crippen molar-refractivity contribution in [3.8, 4) is 11.5 Å². The zero-order valence-electron chi connectivity index (χ0n) is 14.8. The van der Waals surface area contributed by atoms with Gasteiger partial charge in [0.05, 0.1) is 19.8 Å². The van der Waals surface area contributed by atoms with Crippen LogP contribution in [0.25, 0.3) is 6.08 Å². The molecule has 0 aliphatic carbocycles. The van der Waals surface area contributed by atoms with Gasteiger partial charge >= 0.3 is 0 Å². The number of rotatable bonds is 10. The van der Waals surface area contributed by atoms with Crippen molar-refractivity contribution in [3.05, 3.63) is 53.6 Å². The van der Waals surface area contributed by atoms with Crippen molar-refractivity contribution in [1.29, 1.82) is 0 Å². The Bertz CT molecular complexity index is 587. The highest BCUT2D eigenvalue weighted by atomic mass is 16.5. The van der Waals surface area contributed by atoms with Gasteiger partial charge in [-0.15, -0.1) is 0 Å². The molecule has 4 nitrogen and oxygen atoms in total. The van der Waals surface area contributed by atoms with Crippen molar-refractivity contribution in [1.82, 2.24) is 0 Å². The van der Waals surface area contributed by atoms with Crippen molar-refractivity contribution in [2.75, 3.05) is 20.3 Å². The molecule has 24 heavy (non-hydrogen) atoms. The van der Waals surface area contributed by atoms with Crippen LogP contribution in [0.2, 0.25) is 0 Å². The number of aliphatic hydroxyl groups is 2. The predicted octanol–water partition coefficient (Wildman–Crippen LogP) is 3.74. The van der Waals surface area contributed by atoms with Gasteiger partial charge < -0.3 is 19.7 Å². The molecule has 0 fully saturated rings. The molecule has 132 valence electrons. The molecule has 0 aromatic heterocycles. The lowest BCUT2D eigenvalue weighted by Gasteiger charge is -2.11. The first kappa shape index (κ1) is 20.0. The third-order valence-electron chi connectivity index (χ3n) is 3.65. The van der Waals surface area contributed by atoms with Gasteiger partial charge in [-0.3, -0.25) is 0 Å². The van der Waals surface area contributed by atoms with Gasteiger partial charge in [0.15, 0.2) is 11.5 Å². The molecule has 0 unspecified atom stereocenters. The van der Waals surface area contributed by atoms with Crippen LogP contribution >= 0.6 is 0 Å². The highest BCUT2D eigenvalue weighted by Crippen LogP contribution is 2.28. The van der Waals surface area contributed by atoms with Crippen molar-refractivity contribution in [2.45, 2.75) is 32.8 Å². The summed E-state index contributed by atoms with van der Waals surface area (Å²) < 4.78 is 11.1. The molecule has 4 heteroatoms. The Hall–Kier alpha value is -2.04. The Kier molecular flexibility index (Phi) is 8.90. The minimum Gasteiger partial charge on any atom is -0.493 e. The van der Waals surface area contributed by atoms with Crippen LogP contribution in [0.3, 0.4) is 0 Å². The quantitative estimate of drug-likeness (QED) is 0.641. The molecular weight excluding hydrogens is 304 g/mol. The summed E-state index contributed by atoms with van der Waals surface area (Å²) in [6.45, 7) is 8.05. The average Bonchev–Trinajstić information content (AvgIpc) is 2.58. The van der Waals surface area contributed by atoms with E-state index in [1.807, 2.05) is 44.2 Å². The first-order chi connectivity index (χ1) is 11.5. The molecular formula is C20H28O4.